The molecule has 2 N–H and O–H groups in total. The number of nitro benzene ring substituents is 1. The molecular weight excluding hydrogens is 449 g/mol. The molecule has 174 valence electrons. The van der Waals surface area contributed by atoms with Gasteiger partial charge in [-0.25, -0.2) is 0 Å². The number of aromatic amines is 1. The van der Waals surface area contributed by atoms with E-state index in [1.807, 2.05) is 5.32 Å². The smallest absolute Gasteiger partial charge is 0.416 e. The highest BCUT2D eigenvalue weighted by atomic mass is 19.4. The number of esters is 1. The number of nitrogens with zero attached hydrogens (tertiary/aromatic N) is 2. The third-order valence-electron chi connectivity index (χ3n) is 4.66. The van der Waals surface area contributed by atoms with Crippen molar-refractivity contribution < 1.29 is 32.4 Å². The number of pyridine rings is 1. The van der Waals surface area contributed by atoms with E-state index in [-0.39, 0.29) is 24.5 Å². The summed E-state index contributed by atoms with van der Waals surface area (Å²) in [6.45, 7) is 2.33. The molecule has 1 aromatic heterocycles. The first-order valence-electron chi connectivity index (χ1n) is 9.28. The van der Waals surface area contributed by atoms with Crippen molar-refractivity contribution in [1.29, 1.82) is 5.26 Å². The molecule has 10 nitrogen and oxygen atoms in total. The van der Waals surface area contributed by atoms with Crippen LogP contribution in [0.25, 0.3) is 0 Å². The van der Waals surface area contributed by atoms with Crippen molar-refractivity contribution in [2.45, 2.75) is 32.9 Å². The standard InChI is InChI=1S/C20H17F3N4O6/c1-10-13(11(2)25-19(30)14(10)8-24)4-6-18(29)33-9-17(28)26-15-5-3-12(20(21,22)23)7-16(15)27(31)32/h3,5,7H,4,6,9H2,1-2H3,(H,25,30)(H,26,28). The van der Waals surface area contributed by atoms with Crippen molar-refractivity contribution in [3.8, 4) is 6.07 Å². The fourth-order valence-corrected chi connectivity index (χ4v) is 3.02. The number of alkyl halides is 3. The number of nitriles is 1. The zero-order valence-electron chi connectivity index (χ0n) is 17.3. The molecule has 0 saturated carbocycles. The molecule has 2 rings (SSSR count). The minimum Gasteiger partial charge on any atom is -0.456 e. The molecular formula is C20H17F3N4O6. The summed E-state index contributed by atoms with van der Waals surface area (Å²) < 4.78 is 43.0. The number of hydrogen-bond acceptors (Lipinski definition) is 7. The van der Waals surface area contributed by atoms with Gasteiger partial charge in [0, 0.05) is 18.2 Å². The molecule has 0 radical (unpaired) electrons. The normalized spacial score (nSPS) is 10.9. The summed E-state index contributed by atoms with van der Waals surface area (Å²) in [5.41, 5.74) is -1.90. The highest BCUT2D eigenvalue weighted by Crippen LogP contribution is 2.34. The van der Waals surface area contributed by atoms with Crippen LogP contribution in [0.4, 0.5) is 24.5 Å². The third-order valence-corrected chi connectivity index (χ3v) is 4.66. The molecule has 0 spiro atoms. The van der Waals surface area contributed by atoms with E-state index in [0.717, 1.165) is 6.07 Å². The van der Waals surface area contributed by atoms with Crippen LogP contribution in [0.3, 0.4) is 0 Å². The van der Waals surface area contributed by atoms with Gasteiger partial charge in [-0.1, -0.05) is 0 Å². The Kier molecular flexibility index (Phi) is 7.55. The van der Waals surface area contributed by atoms with Gasteiger partial charge >= 0.3 is 12.1 Å². The lowest BCUT2D eigenvalue weighted by Crippen LogP contribution is -2.22. The second-order valence-corrected chi connectivity index (χ2v) is 6.87. The van der Waals surface area contributed by atoms with Gasteiger partial charge in [-0.05, 0) is 43.5 Å². The predicted molar refractivity (Wildman–Crippen MR) is 107 cm³/mol. The van der Waals surface area contributed by atoms with Gasteiger partial charge in [0.25, 0.3) is 17.2 Å². The molecule has 0 atom stereocenters. The number of aromatic nitrogens is 1. The summed E-state index contributed by atoms with van der Waals surface area (Å²) in [6, 6.07) is 3.37. The lowest BCUT2D eigenvalue weighted by molar-refractivity contribution is -0.384. The Bertz CT molecular complexity index is 1210. The molecule has 1 amide bonds. The highest BCUT2D eigenvalue weighted by Gasteiger charge is 2.33. The molecule has 0 fully saturated rings. The van der Waals surface area contributed by atoms with E-state index in [0.29, 0.717) is 22.9 Å². The van der Waals surface area contributed by atoms with Crippen LogP contribution in [0.1, 0.15) is 34.4 Å². The quantitative estimate of drug-likeness (QED) is 0.361. The van der Waals surface area contributed by atoms with Gasteiger partial charge in [-0.2, -0.15) is 18.4 Å². The van der Waals surface area contributed by atoms with E-state index in [1.165, 1.54) is 0 Å². The zero-order chi connectivity index (χ0) is 24.9. The van der Waals surface area contributed by atoms with Gasteiger partial charge in [0.15, 0.2) is 6.61 Å². The Hall–Kier alpha value is -4.21. The first-order chi connectivity index (χ1) is 15.3. The number of anilines is 1. The monoisotopic (exact) mass is 466 g/mol. The number of hydrogen-bond donors (Lipinski definition) is 2. The minimum absolute atomic E-state index is 0.0820. The SMILES string of the molecule is Cc1[nH]c(=O)c(C#N)c(C)c1CCC(=O)OCC(=O)Nc1ccc(C(F)(F)F)cc1[N+](=O)[O-]. The Morgan fingerprint density at radius 1 is 1.30 bits per heavy atom. The topological polar surface area (TPSA) is 155 Å². The summed E-state index contributed by atoms with van der Waals surface area (Å²) in [5, 5.41) is 22.2. The predicted octanol–water partition coefficient (Wildman–Crippen LogP) is 2.90. The van der Waals surface area contributed by atoms with Crippen LogP contribution in [-0.2, 0) is 26.9 Å². The second-order valence-electron chi connectivity index (χ2n) is 6.87. The number of ether oxygens (including phenoxy) is 1. The van der Waals surface area contributed by atoms with Crippen LogP contribution in [0.2, 0.25) is 0 Å². The zero-order valence-corrected chi connectivity index (χ0v) is 17.3. The van der Waals surface area contributed by atoms with Crippen molar-refractivity contribution in [2.75, 3.05) is 11.9 Å². The second kappa shape index (κ2) is 9.94. The fourth-order valence-electron chi connectivity index (χ4n) is 3.02. The van der Waals surface area contributed by atoms with Crippen LogP contribution < -0.4 is 10.9 Å². The molecule has 1 aromatic carbocycles. The number of rotatable bonds is 7. The summed E-state index contributed by atoms with van der Waals surface area (Å²) in [7, 11) is 0. The summed E-state index contributed by atoms with van der Waals surface area (Å²) in [6.07, 6.45) is -4.90. The van der Waals surface area contributed by atoms with Crippen LogP contribution in [-0.4, -0.2) is 28.4 Å². The average molecular weight is 466 g/mol. The number of nitro groups is 1. The van der Waals surface area contributed by atoms with E-state index in [4.69, 9.17) is 10.00 Å². The Balaban J connectivity index is 2.00. The van der Waals surface area contributed by atoms with Gasteiger partial charge in [0.2, 0.25) is 0 Å². The van der Waals surface area contributed by atoms with E-state index >= 15 is 0 Å². The summed E-state index contributed by atoms with van der Waals surface area (Å²) in [4.78, 5) is 48.2. The van der Waals surface area contributed by atoms with Crippen molar-refractivity contribution in [1.82, 2.24) is 4.98 Å². The molecule has 0 bridgehead atoms. The van der Waals surface area contributed by atoms with E-state index < -0.39 is 52.1 Å². The number of H-pyrrole nitrogens is 1. The number of aryl methyl sites for hydroxylation is 1. The van der Waals surface area contributed by atoms with Crippen LogP contribution in [0, 0.1) is 35.3 Å². The maximum atomic E-state index is 12.7. The van der Waals surface area contributed by atoms with Gasteiger partial charge in [0.05, 0.1) is 10.5 Å². The Morgan fingerprint density at radius 2 is 1.97 bits per heavy atom. The number of carbonyl (C=O) groups is 2. The van der Waals surface area contributed by atoms with Crippen molar-refractivity contribution >= 4 is 23.3 Å². The van der Waals surface area contributed by atoms with Crippen molar-refractivity contribution in [2.24, 2.45) is 0 Å². The Labute approximate surface area is 184 Å². The molecule has 0 unspecified atom stereocenters. The van der Waals surface area contributed by atoms with Crippen LogP contribution in [0.15, 0.2) is 23.0 Å². The van der Waals surface area contributed by atoms with E-state index in [9.17, 15) is 37.7 Å². The lowest BCUT2D eigenvalue weighted by Gasteiger charge is -2.11. The average Bonchev–Trinajstić information content (AvgIpc) is 2.71. The van der Waals surface area contributed by atoms with Crippen molar-refractivity contribution in [3.63, 3.8) is 0 Å². The number of benzene rings is 1. The molecule has 33 heavy (non-hydrogen) atoms. The number of carbonyl (C=O) groups excluding carboxylic acids is 2. The number of amides is 1. The lowest BCUT2D eigenvalue weighted by atomic mass is 9.99. The molecule has 1 heterocycles. The maximum Gasteiger partial charge on any atom is 0.416 e. The molecule has 0 aliphatic rings. The van der Waals surface area contributed by atoms with Gasteiger partial charge in [-0.3, -0.25) is 24.5 Å². The fraction of sp³-hybridized carbons (Fsp3) is 0.300. The molecule has 2 aromatic rings. The van der Waals surface area contributed by atoms with Crippen molar-refractivity contribution in [3.05, 3.63) is 66.6 Å². The maximum absolute atomic E-state index is 12.7. The number of nitrogens with one attached hydrogen (secondary N) is 2. The Morgan fingerprint density at radius 3 is 2.55 bits per heavy atom. The van der Waals surface area contributed by atoms with Gasteiger partial charge in [-0.15, -0.1) is 0 Å². The summed E-state index contributed by atoms with van der Waals surface area (Å²) >= 11 is 0. The minimum atomic E-state index is -4.81. The molecule has 0 aliphatic heterocycles. The molecule has 0 saturated heterocycles. The highest BCUT2D eigenvalue weighted by molar-refractivity contribution is 5.94. The van der Waals surface area contributed by atoms with E-state index in [2.05, 4.69) is 4.98 Å². The number of halogens is 3. The van der Waals surface area contributed by atoms with Crippen LogP contribution >= 0.6 is 0 Å². The first kappa shape index (κ1) is 25.1. The molecule has 0 aliphatic carbocycles. The van der Waals surface area contributed by atoms with E-state index in [1.54, 1.807) is 19.9 Å². The largest absolute Gasteiger partial charge is 0.456 e. The van der Waals surface area contributed by atoms with Gasteiger partial charge < -0.3 is 15.0 Å². The first-order valence-corrected chi connectivity index (χ1v) is 9.28. The summed E-state index contributed by atoms with van der Waals surface area (Å²) in [5.74, 6) is -1.80. The molecule has 13 heteroatoms. The third kappa shape index (κ3) is 6.16. The van der Waals surface area contributed by atoms with Gasteiger partial charge in [0.1, 0.15) is 17.3 Å². The van der Waals surface area contributed by atoms with Crippen LogP contribution in [0.5, 0.6) is 0 Å².